The van der Waals surface area contributed by atoms with Crippen LogP contribution in [0.15, 0.2) is 18.2 Å². The number of amides is 2. The van der Waals surface area contributed by atoms with Crippen LogP contribution < -0.4 is 10.6 Å². The number of hydrogen-bond donors (Lipinski definition) is 2. The SMILES string of the molecule is Cc1cccc(NC(=O)CNC(=O)C23C[C@@H]4C[C@@H](CC(Cl)(C4)C2)C3)c1C. The van der Waals surface area contributed by atoms with Crippen molar-refractivity contribution in [2.24, 2.45) is 17.3 Å². The summed E-state index contributed by atoms with van der Waals surface area (Å²) in [5.74, 6) is 0.983. The Bertz CT molecular complexity index is 746. The van der Waals surface area contributed by atoms with E-state index in [1.54, 1.807) is 0 Å². The second-order valence-corrected chi connectivity index (χ2v) is 9.67. The van der Waals surface area contributed by atoms with Crippen LogP contribution in [0, 0.1) is 31.1 Å². The van der Waals surface area contributed by atoms with E-state index < -0.39 is 0 Å². The highest BCUT2D eigenvalue weighted by Gasteiger charge is 2.60. The maximum absolute atomic E-state index is 13.0. The smallest absolute Gasteiger partial charge is 0.243 e. The summed E-state index contributed by atoms with van der Waals surface area (Å²) in [6.45, 7) is 4.01. The first-order valence-corrected chi connectivity index (χ1v) is 10.00. The fourth-order valence-corrected chi connectivity index (χ4v) is 6.54. The lowest BCUT2D eigenvalue weighted by Gasteiger charge is -2.59. The summed E-state index contributed by atoms with van der Waals surface area (Å²) in [5.41, 5.74) is 2.63. The molecule has 4 atom stereocenters. The van der Waals surface area contributed by atoms with E-state index in [0.29, 0.717) is 11.8 Å². The Morgan fingerprint density at radius 2 is 1.85 bits per heavy atom. The summed E-state index contributed by atoms with van der Waals surface area (Å²) in [7, 11) is 0. The largest absolute Gasteiger partial charge is 0.347 e. The van der Waals surface area contributed by atoms with Crippen LogP contribution in [0.5, 0.6) is 0 Å². The molecule has 4 saturated carbocycles. The zero-order chi connectivity index (χ0) is 18.5. The number of rotatable bonds is 4. The van der Waals surface area contributed by atoms with E-state index in [0.717, 1.165) is 48.9 Å². The Balaban J connectivity index is 1.38. The monoisotopic (exact) mass is 374 g/mol. The minimum Gasteiger partial charge on any atom is -0.347 e. The molecule has 0 aliphatic heterocycles. The number of benzene rings is 1. The molecule has 140 valence electrons. The van der Waals surface area contributed by atoms with Crippen molar-refractivity contribution in [3.63, 3.8) is 0 Å². The molecule has 5 rings (SSSR count). The molecule has 4 bridgehead atoms. The highest BCUT2D eigenvalue weighted by molar-refractivity contribution is 6.24. The fourth-order valence-electron chi connectivity index (χ4n) is 5.85. The Labute approximate surface area is 160 Å². The van der Waals surface area contributed by atoms with Crippen LogP contribution in [0.1, 0.15) is 49.7 Å². The van der Waals surface area contributed by atoms with Crippen molar-refractivity contribution >= 4 is 29.1 Å². The van der Waals surface area contributed by atoms with E-state index in [4.69, 9.17) is 11.6 Å². The van der Waals surface area contributed by atoms with E-state index in [1.165, 1.54) is 6.42 Å². The third-order valence-corrected chi connectivity index (χ3v) is 7.20. The minimum absolute atomic E-state index is 0.0125. The van der Waals surface area contributed by atoms with Gasteiger partial charge in [-0.3, -0.25) is 9.59 Å². The molecule has 2 N–H and O–H groups in total. The lowest BCUT2D eigenvalue weighted by molar-refractivity contribution is -0.145. The van der Waals surface area contributed by atoms with Crippen molar-refractivity contribution in [3.05, 3.63) is 29.3 Å². The fraction of sp³-hybridized carbons (Fsp3) is 0.619. The van der Waals surface area contributed by atoms with E-state index in [1.807, 2.05) is 32.0 Å². The molecule has 0 spiro atoms. The molecule has 0 aromatic heterocycles. The van der Waals surface area contributed by atoms with Gasteiger partial charge in [-0.1, -0.05) is 12.1 Å². The normalized spacial score (nSPS) is 34.6. The van der Waals surface area contributed by atoms with Crippen LogP contribution in [0.2, 0.25) is 0 Å². The molecule has 0 radical (unpaired) electrons. The molecule has 4 fully saturated rings. The molecule has 4 aliphatic rings. The molecule has 2 unspecified atom stereocenters. The molecule has 2 amide bonds. The van der Waals surface area contributed by atoms with Gasteiger partial charge in [-0.25, -0.2) is 0 Å². The van der Waals surface area contributed by atoms with E-state index in [9.17, 15) is 9.59 Å². The second-order valence-electron chi connectivity index (χ2n) is 8.87. The second kappa shape index (κ2) is 6.26. The summed E-state index contributed by atoms with van der Waals surface area (Å²) in [6.07, 6.45) is 5.95. The van der Waals surface area contributed by atoms with Crippen LogP contribution in [0.25, 0.3) is 0 Å². The van der Waals surface area contributed by atoms with Gasteiger partial charge < -0.3 is 10.6 Å². The number of carbonyl (C=O) groups is 2. The van der Waals surface area contributed by atoms with Crippen molar-refractivity contribution in [1.29, 1.82) is 0 Å². The summed E-state index contributed by atoms with van der Waals surface area (Å²) in [6, 6.07) is 5.83. The maximum atomic E-state index is 13.0. The Kier molecular flexibility index (Phi) is 4.30. The molecule has 5 heteroatoms. The first-order valence-electron chi connectivity index (χ1n) is 9.62. The summed E-state index contributed by atoms with van der Waals surface area (Å²) >= 11 is 6.81. The van der Waals surface area contributed by atoms with Crippen LogP contribution in [0.4, 0.5) is 5.69 Å². The van der Waals surface area contributed by atoms with Gasteiger partial charge in [0.2, 0.25) is 11.8 Å². The van der Waals surface area contributed by atoms with Gasteiger partial charge in [-0.15, -0.1) is 11.6 Å². The standard InChI is InChI=1S/C21H27ClN2O2/c1-13-4-3-5-17(14(13)2)24-18(25)11-23-19(26)20-7-15-6-16(8-20)10-21(22,9-15)12-20/h3-5,15-16H,6-12H2,1-2H3,(H,23,26)(H,24,25)/t15-,16+,20?,21?. The average Bonchev–Trinajstić information content (AvgIpc) is 2.54. The first-order chi connectivity index (χ1) is 12.3. The number of carbonyl (C=O) groups excluding carboxylic acids is 2. The average molecular weight is 375 g/mol. The third-order valence-electron chi connectivity index (χ3n) is 6.76. The van der Waals surface area contributed by atoms with Crippen molar-refractivity contribution in [2.45, 2.75) is 57.2 Å². The topological polar surface area (TPSA) is 58.2 Å². The van der Waals surface area contributed by atoms with E-state index >= 15 is 0 Å². The van der Waals surface area contributed by atoms with Gasteiger partial charge in [0.15, 0.2) is 0 Å². The number of hydrogen-bond acceptors (Lipinski definition) is 2. The predicted octanol–water partition coefficient (Wildman–Crippen LogP) is 3.94. The predicted molar refractivity (Wildman–Crippen MR) is 103 cm³/mol. The van der Waals surface area contributed by atoms with Crippen LogP contribution in [-0.2, 0) is 9.59 Å². The van der Waals surface area contributed by atoms with Crippen LogP contribution in [-0.4, -0.2) is 23.2 Å². The van der Waals surface area contributed by atoms with Crippen molar-refractivity contribution in [3.8, 4) is 0 Å². The highest BCUT2D eigenvalue weighted by atomic mass is 35.5. The number of aryl methyl sites for hydroxylation is 1. The van der Waals surface area contributed by atoms with E-state index in [2.05, 4.69) is 10.6 Å². The van der Waals surface area contributed by atoms with Gasteiger partial charge in [0.05, 0.1) is 12.0 Å². The molecule has 4 aliphatic carbocycles. The van der Waals surface area contributed by atoms with Gasteiger partial charge in [0.25, 0.3) is 0 Å². The molecule has 26 heavy (non-hydrogen) atoms. The third kappa shape index (κ3) is 3.13. The van der Waals surface area contributed by atoms with Gasteiger partial charge in [0.1, 0.15) is 0 Å². The number of halogens is 1. The molecule has 1 aromatic carbocycles. The lowest BCUT2D eigenvalue weighted by Crippen LogP contribution is -2.58. The van der Waals surface area contributed by atoms with Crippen LogP contribution >= 0.6 is 11.6 Å². The number of anilines is 1. The Morgan fingerprint density at radius 3 is 2.50 bits per heavy atom. The van der Waals surface area contributed by atoms with Crippen molar-refractivity contribution in [1.82, 2.24) is 5.32 Å². The molecular formula is C21H27ClN2O2. The quantitative estimate of drug-likeness (QED) is 0.784. The van der Waals surface area contributed by atoms with Crippen molar-refractivity contribution in [2.75, 3.05) is 11.9 Å². The molecule has 0 saturated heterocycles. The van der Waals surface area contributed by atoms with Crippen molar-refractivity contribution < 1.29 is 9.59 Å². The highest BCUT2D eigenvalue weighted by Crippen LogP contribution is 2.63. The number of nitrogens with one attached hydrogen (secondary N) is 2. The molecular weight excluding hydrogens is 348 g/mol. The van der Waals surface area contributed by atoms with Crippen LogP contribution in [0.3, 0.4) is 0 Å². The van der Waals surface area contributed by atoms with Gasteiger partial charge in [0, 0.05) is 10.6 Å². The van der Waals surface area contributed by atoms with Gasteiger partial charge in [-0.05, 0) is 81.4 Å². The van der Waals surface area contributed by atoms with Gasteiger partial charge >= 0.3 is 0 Å². The number of alkyl halides is 1. The minimum atomic E-state index is -0.356. The first kappa shape index (κ1) is 17.8. The summed E-state index contributed by atoms with van der Waals surface area (Å²) in [5, 5.41) is 5.81. The molecule has 4 nitrogen and oxygen atoms in total. The zero-order valence-corrected chi connectivity index (χ0v) is 16.3. The maximum Gasteiger partial charge on any atom is 0.243 e. The molecule has 1 aromatic rings. The lowest BCUT2D eigenvalue weighted by atomic mass is 9.49. The Hall–Kier alpha value is -1.55. The van der Waals surface area contributed by atoms with E-state index in [-0.39, 0.29) is 28.6 Å². The summed E-state index contributed by atoms with van der Waals surface area (Å²) in [4.78, 5) is 25.1. The van der Waals surface area contributed by atoms with Gasteiger partial charge in [-0.2, -0.15) is 0 Å². The Morgan fingerprint density at radius 1 is 1.15 bits per heavy atom. The molecule has 0 heterocycles. The zero-order valence-electron chi connectivity index (χ0n) is 15.5. The summed E-state index contributed by atoms with van der Waals surface area (Å²) < 4.78 is 0.